The smallest absolute Gasteiger partial charge is 0.282 e. The SMILES string of the molecule is CCOc1cc(C=Nn2c([C@H](C)CC)nc3ccc(Br)cc3c2=O)c(Br)cc1OCC(N)=O. The van der Waals surface area contributed by atoms with E-state index in [1.807, 2.05) is 32.9 Å². The molecule has 8 nitrogen and oxygen atoms in total. The molecule has 0 saturated carbocycles. The van der Waals surface area contributed by atoms with Crippen molar-refractivity contribution in [2.45, 2.75) is 33.1 Å². The number of hydrogen-bond acceptors (Lipinski definition) is 6. The van der Waals surface area contributed by atoms with Gasteiger partial charge in [0.05, 0.1) is 23.7 Å². The average Bonchev–Trinajstić information content (AvgIpc) is 2.78. The summed E-state index contributed by atoms with van der Waals surface area (Å²) in [6.07, 6.45) is 2.36. The Morgan fingerprint density at radius 1 is 1.21 bits per heavy atom. The molecule has 33 heavy (non-hydrogen) atoms. The van der Waals surface area contributed by atoms with Gasteiger partial charge in [0.1, 0.15) is 5.82 Å². The van der Waals surface area contributed by atoms with E-state index in [1.54, 1.807) is 24.4 Å². The number of rotatable bonds is 9. The number of carbonyl (C=O) groups is 1. The molecule has 1 atom stereocenters. The van der Waals surface area contributed by atoms with Crippen LogP contribution in [0.25, 0.3) is 10.9 Å². The quantitative estimate of drug-likeness (QED) is 0.373. The molecular formula is C23H24Br2N4O4. The zero-order valence-electron chi connectivity index (χ0n) is 18.5. The van der Waals surface area contributed by atoms with E-state index in [0.29, 0.717) is 44.9 Å². The minimum absolute atomic E-state index is 0.0231. The summed E-state index contributed by atoms with van der Waals surface area (Å²) in [5.41, 5.74) is 6.20. The number of hydrogen-bond donors (Lipinski definition) is 1. The van der Waals surface area contributed by atoms with Crippen LogP contribution in [0.15, 0.2) is 49.2 Å². The predicted octanol–water partition coefficient (Wildman–Crippen LogP) is 4.58. The number of halogens is 2. The second-order valence-corrected chi connectivity index (χ2v) is 9.08. The lowest BCUT2D eigenvalue weighted by molar-refractivity contribution is -0.119. The van der Waals surface area contributed by atoms with Crippen LogP contribution in [0.3, 0.4) is 0 Å². The molecule has 2 N–H and O–H groups in total. The van der Waals surface area contributed by atoms with E-state index in [1.165, 1.54) is 4.68 Å². The molecule has 3 aromatic rings. The summed E-state index contributed by atoms with van der Waals surface area (Å²) in [7, 11) is 0. The topological polar surface area (TPSA) is 109 Å². The van der Waals surface area contributed by atoms with Crippen molar-refractivity contribution in [2.24, 2.45) is 10.8 Å². The molecule has 2 aromatic carbocycles. The van der Waals surface area contributed by atoms with Crippen molar-refractivity contribution in [1.82, 2.24) is 9.66 Å². The summed E-state index contributed by atoms with van der Waals surface area (Å²) in [6.45, 7) is 6.00. The Morgan fingerprint density at radius 2 is 1.94 bits per heavy atom. The lowest BCUT2D eigenvalue weighted by Gasteiger charge is -2.15. The van der Waals surface area contributed by atoms with Gasteiger partial charge in [-0.3, -0.25) is 9.59 Å². The molecule has 0 saturated heterocycles. The van der Waals surface area contributed by atoms with Gasteiger partial charge in [-0.1, -0.05) is 29.8 Å². The number of ether oxygens (including phenoxy) is 2. The van der Waals surface area contributed by atoms with Crippen molar-refractivity contribution >= 4 is 54.9 Å². The van der Waals surface area contributed by atoms with E-state index >= 15 is 0 Å². The molecule has 174 valence electrons. The maximum Gasteiger partial charge on any atom is 0.282 e. The minimum atomic E-state index is -0.591. The first-order chi connectivity index (χ1) is 15.7. The Morgan fingerprint density at radius 3 is 2.61 bits per heavy atom. The monoisotopic (exact) mass is 578 g/mol. The molecule has 0 aliphatic heterocycles. The van der Waals surface area contributed by atoms with Crippen LogP contribution in [0.4, 0.5) is 0 Å². The van der Waals surface area contributed by atoms with Gasteiger partial charge in [0.2, 0.25) is 0 Å². The van der Waals surface area contributed by atoms with Crippen molar-refractivity contribution in [2.75, 3.05) is 13.2 Å². The number of fused-ring (bicyclic) bond motifs is 1. The van der Waals surface area contributed by atoms with Gasteiger partial charge in [0.15, 0.2) is 18.1 Å². The summed E-state index contributed by atoms with van der Waals surface area (Å²) in [6, 6.07) is 8.80. The van der Waals surface area contributed by atoms with Gasteiger partial charge in [-0.2, -0.15) is 9.78 Å². The van der Waals surface area contributed by atoms with E-state index in [0.717, 1.165) is 10.9 Å². The van der Waals surface area contributed by atoms with Crippen LogP contribution in [0, 0.1) is 0 Å². The van der Waals surface area contributed by atoms with E-state index < -0.39 is 5.91 Å². The number of primary amides is 1. The summed E-state index contributed by atoms with van der Waals surface area (Å²) in [4.78, 5) is 29.1. The Labute approximate surface area is 208 Å². The lowest BCUT2D eigenvalue weighted by atomic mass is 10.1. The fourth-order valence-electron chi connectivity index (χ4n) is 3.08. The molecular weight excluding hydrogens is 556 g/mol. The average molecular weight is 580 g/mol. The van der Waals surface area contributed by atoms with Gasteiger partial charge in [-0.25, -0.2) is 4.98 Å². The van der Waals surface area contributed by atoms with E-state index in [2.05, 4.69) is 37.0 Å². The summed E-state index contributed by atoms with van der Waals surface area (Å²) < 4.78 is 13.9. The zero-order chi connectivity index (χ0) is 24.1. The number of aromatic nitrogens is 2. The molecule has 0 fully saturated rings. The van der Waals surface area contributed by atoms with Crippen molar-refractivity contribution in [3.8, 4) is 11.5 Å². The second-order valence-electron chi connectivity index (χ2n) is 7.31. The lowest BCUT2D eigenvalue weighted by Crippen LogP contribution is -2.23. The first kappa shape index (κ1) is 24.9. The molecule has 0 radical (unpaired) electrons. The second kappa shape index (κ2) is 10.9. The standard InChI is InChI=1S/C23H24Br2N4O4/c1-4-13(3)22-28-18-7-6-15(24)9-16(18)23(31)29(22)27-11-14-8-19(32-5-2)20(10-17(14)25)33-12-21(26)30/h6-11,13H,4-5,12H2,1-3H3,(H2,26,30)/t13-/m1/s1. The van der Waals surface area contributed by atoms with Gasteiger partial charge in [-0.15, -0.1) is 0 Å². The van der Waals surface area contributed by atoms with E-state index in [4.69, 9.17) is 20.2 Å². The van der Waals surface area contributed by atoms with E-state index in [-0.39, 0.29) is 18.1 Å². The van der Waals surface area contributed by atoms with Crippen molar-refractivity contribution in [1.29, 1.82) is 0 Å². The van der Waals surface area contributed by atoms with Crippen molar-refractivity contribution in [3.63, 3.8) is 0 Å². The highest BCUT2D eigenvalue weighted by molar-refractivity contribution is 9.10. The number of carbonyl (C=O) groups excluding carboxylic acids is 1. The molecule has 0 spiro atoms. The number of nitrogens with two attached hydrogens (primary N) is 1. The van der Waals surface area contributed by atoms with Crippen LogP contribution in [-0.4, -0.2) is 35.0 Å². The van der Waals surface area contributed by atoms with Crippen LogP contribution in [0.5, 0.6) is 11.5 Å². The molecule has 1 amide bonds. The third kappa shape index (κ3) is 5.80. The highest BCUT2D eigenvalue weighted by Gasteiger charge is 2.16. The fraction of sp³-hybridized carbons (Fsp3) is 0.304. The van der Waals surface area contributed by atoms with Crippen molar-refractivity contribution < 1.29 is 14.3 Å². The largest absolute Gasteiger partial charge is 0.490 e. The third-order valence-electron chi connectivity index (χ3n) is 4.93. The van der Waals surface area contributed by atoms with Crippen LogP contribution < -0.4 is 20.8 Å². The Bertz CT molecular complexity index is 1270. The van der Waals surface area contributed by atoms with Crippen LogP contribution in [0.1, 0.15) is 44.5 Å². The summed E-state index contributed by atoms with van der Waals surface area (Å²) in [5, 5.41) is 4.96. The first-order valence-electron chi connectivity index (χ1n) is 10.4. The van der Waals surface area contributed by atoms with Crippen LogP contribution in [0.2, 0.25) is 0 Å². The number of benzene rings is 2. The van der Waals surface area contributed by atoms with Gasteiger partial charge in [-0.05, 0) is 59.6 Å². The van der Waals surface area contributed by atoms with Crippen molar-refractivity contribution in [3.05, 3.63) is 61.0 Å². The fourth-order valence-corrected chi connectivity index (χ4v) is 3.86. The highest BCUT2D eigenvalue weighted by atomic mass is 79.9. The molecule has 10 heteroatoms. The molecule has 1 heterocycles. The molecule has 0 aliphatic carbocycles. The normalized spacial score (nSPS) is 12.3. The zero-order valence-corrected chi connectivity index (χ0v) is 21.6. The van der Waals surface area contributed by atoms with E-state index in [9.17, 15) is 9.59 Å². The van der Waals surface area contributed by atoms with Gasteiger partial charge >= 0.3 is 0 Å². The molecule has 0 unspecified atom stereocenters. The number of nitrogens with zero attached hydrogens (tertiary/aromatic N) is 3. The molecule has 0 bridgehead atoms. The predicted molar refractivity (Wildman–Crippen MR) is 135 cm³/mol. The van der Waals surface area contributed by atoms with Gasteiger partial charge in [0, 0.05) is 20.4 Å². The highest BCUT2D eigenvalue weighted by Crippen LogP contribution is 2.33. The number of amides is 1. The molecule has 0 aliphatic rings. The minimum Gasteiger partial charge on any atom is -0.490 e. The summed E-state index contributed by atoms with van der Waals surface area (Å²) >= 11 is 6.90. The van der Waals surface area contributed by atoms with Gasteiger partial charge < -0.3 is 15.2 Å². The van der Waals surface area contributed by atoms with Gasteiger partial charge in [0.25, 0.3) is 11.5 Å². The molecule has 3 rings (SSSR count). The third-order valence-corrected chi connectivity index (χ3v) is 6.11. The Hall–Kier alpha value is -2.72. The van der Waals surface area contributed by atoms with Crippen LogP contribution >= 0.6 is 31.9 Å². The Balaban J connectivity index is 2.11. The Kier molecular flexibility index (Phi) is 8.25. The van der Waals surface area contributed by atoms with Crippen LogP contribution in [-0.2, 0) is 4.79 Å². The maximum atomic E-state index is 13.3. The molecule has 1 aromatic heterocycles. The first-order valence-corrected chi connectivity index (χ1v) is 12.0. The maximum absolute atomic E-state index is 13.3. The summed E-state index contributed by atoms with van der Waals surface area (Å²) in [5.74, 6) is 0.811.